The van der Waals surface area contributed by atoms with E-state index in [1.807, 2.05) is 44.6 Å². The Balaban J connectivity index is 1.77. The Kier molecular flexibility index (Phi) is 6.13. The lowest BCUT2D eigenvalue weighted by Crippen LogP contribution is -2.42. The van der Waals surface area contributed by atoms with E-state index in [0.717, 1.165) is 41.5 Å². The van der Waals surface area contributed by atoms with E-state index in [1.54, 1.807) is 10.9 Å². The molecule has 0 saturated heterocycles. The molecule has 0 bridgehead atoms. The van der Waals surface area contributed by atoms with Crippen molar-refractivity contribution in [1.29, 1.82) is 5.41 Å². The average Bonchev–Trinajstić information content (AvgIpc) is 3.34. The molecule has 1 unspecified atom stereocenters. The smallest absolute Gasteiger partial charge is 0.320 e. The number of urea groups is 1. The third-order valence-electron chi connectivity index (χ3n) is 5.91. The molecule has 4 N–H and O–H groups in total. The number of amides is 2. The van der Waals surface area contributed by atoms with Gasteiger partial charge in [0.05, 0.1) is 11.8 Å². The molecule has 2 amide bonds. The van der Waals surface area contributed by atoms with Gasteiger partial charge in [-0.3, -0.25) is 20.0 Å². The molecule has 2 aromatic heterocycles. The first-order chi connectivity index (χ1) is 15.8. The van der Waals surface area contributed by atoms with Gasteiger partial charge in [-0.1, -0.05) is 19.1 Å². The van der Waals surface area contributed by atoms with Gasteiger partial charge in [0, 0.05) is 37.1 Å². The largest absolute Gasteiger partial charge is 0.351 e. The van der Waals surface area contributed by atoms with Crippen LogP contribution in [0.2, 0.25) is 0 Å². The zero-order chi connectivity index (χ0) is 23.7. The molecule has 1 aromatic carbocycles. The van der Waals surface area contributed by atoms with E-state index in [4.69, 9.17) is 16.1 Å². The van der Waals surface area contributed by atoms with Crippen molar-refractivity contribution in [1.82, 2.24) is 24.6 Å². The van der Waals surface area contributed by atoms with Crippen molar-refractivity contribution in [3.63, 3.8) is 0 Å². The van der Waals surface area contributed by atoms with Crippen LogP contribution in [0.15, 0.2) is 35.6 Å². The van der Waals surface area contributed by atoms with Crippen LogP contribution in [0.25, 0.3) is 22.6 Å². The molecule has 9 heteroatoms. The van der Waals surface area contributed by atoms with Crippen LogP contribution in [0, 0.1) is 12.3 Å². The quantitative estimate of drug-likeness (QED) is 0.376. The Labute approximate surface area is 193 Å². The number of aryl methyl sites for hydroxylation is 2. The lowest BCUT2D eigenvalue weighted by molar-refractivity contribution is 0.228. The number of primary amides is 1. The van der Waals surface area contributed by atoms with Crippen molar-refractivity contribution in [3.8, 4) is 22.6 Å². The molecule has 3 aromatic rings. The highest BCUT2D eigenvalue weighted by Crippen LogP contribution is 2.32. The number of hydrogen-bond acceptors (Lipinski definition) is 5. The molecule has 2 heterocycles. The van der Waals surface area contributed by atoms with Crippen LogP contribution < -0.4 is 5.73 Å². The number of aromatic amines is 1. The Morgan fingerprint density at radius 3 is 2.76 bits per heavy atom. The summed E-state index contributed by atoms with van der Waals surface area (Å²) in [6.45, 7) is 6.23. The Morgan fingerprint density at radius 1 is 1.42 bits per heavy atom. The summed E-state index contributed by atoms with van der Waals surface area (Å²) in [7, 11) is 1.83. The standard InChI is InChI=1S/C24H30N8O/c1-5-15(3)27-11-17-7-6-16(10-14(17)2)20-21(22(25)32(24(26)33)19-8-9-19)30-23(29-20)18-12-28-31(4)13-18/h6-7,10-13,15,19,25H,5,8-9H2,1-4H3,(H2,26,33)(H,29,30). The number of amidine groups is 1. The van der Waals surface area contributed by atoms with Gasteiger partial charge in [0.25, 0.3) is 0 Å². The molecule has 172 valence electrons. The summed E-state index contributed by atoms with van der Waals surface area (Å²) in [5.41, 5.74) is 10.4. The fourth-order valence-corrected chi connectivity index (χ4v) is 3.64. The number of aromatic nitrogens is 4. The molecule has 0 spiro atoms. The molecule has 0 aliphatic heterocycles. The fourth-order valence-electron chi connectivity index (χ4n) is 3.64. The maximum atomic E-state index is 12.1. The summed E-state index contributed by atoms with van der Waals surface area (Å²) < 4.78 is 1.69. The fraction of sp³-hybridized carbons (Fsp3) is 0.375. The zero-order valence-electron chi connectivity index (χ0n) is 19.5. The van der Waals surface area contributed by atoms with Crippen LogP contribution >= 0.6 is 0 Å². The number of rotatable bonds is 7. The molecule has 33 heavy (non-hydrogen) atoms. The second-order valence-electron chi connectivity index (χ2n) is 8.61. The minimum Gasteiger partial charge on any atom is -0.351 e. The maximum Gasteiger partial charge on any atom is 0.320 e. The molecule has 4 rings (SSSR count). The highest BCUT2D eigenvalue weighted by molar-refractivity contribution is 6.08. The van der Waals surface area contributed by atoms with Gasteiger partial charge in [-0.15, -0.1) is 0 Å². The first-order valence-corrected chi connectivity index (χ1v) is 11.2. The summed E-state index contributed by atoms with van der Waals surface area (Å²) in [5, 5.41) is 13.0. The number of nitrogens with zero attached hydrogens (tertiary/aromatic N) is 5. The number of carbonyl (C=O) groups is 1. The molecule has 1 saturated carbocycles. The molecule has 1 aliphatic carbocycles. The second-order valence-corrected chi connectivity index (χ2v) is 8.61. The maximum absolute atomic E-state index is 12.1. The third-order valence-corrected chi connectivity index (χ3v) is 5.91. The van der Waals surface area contributed by atoms with Gasteiger partial charge < -0.3 is 10.7 Å². The molecule has 1 aliphatic rings. The van der Waals surface area contributed by atoms with Crippen LogP contribution in [0.3, 0.4) is 0 Å². The number of aliphatic imine (C=N–C) groups is 1. The lowest BCUT2D eigenvalue weighted by atomic mass is 10.0. The number of H-pyrrole nitrogens is 1. The normalized spacial score (nSPS) is 14.5. The summed E-state index contributed by atoms with van der Waals surface area (Å²) >= 11 is 0. The number of carbonyl (C=O) groups excluding carboxylic acids is 1. The predicted octanol–water partition coefficient (Wildman–Crippen LogP) is 3.87. The van der Waals surface area contributed by atoms with Crippen LogP contribution in [0.5, 0.6) is 0 Å². The second kappa shape index (κ2) is 9.01. The molecule has 0 radical (unpaired) electrons. The topological polar surface area (TPSA) is 129 Å². The van der Waals surface area contributed by atoms with E-state index in [1.165, 1.54) is 4.90 Å². The van der Waals surface area contributed by atoms with E-state index >= 15 is 0 Å². The van der Waals surface area contributed by atoms with Crippen molar-refractivity contribution in [2.75, 3.05) is 0 Å². The molecular formula is C24H30N8O. The predicted molar refractivity (Wildman–Crippen MR) is 130 cm³/mol. The summed E-state index contributed by atoms with van der Waals surface area (Å²) in [5.74, 6) is 0.612. The van der Waals surface area contributed by atoms with Crippen molar-refractivity contribution in [2.24, 2.45) is 17.8 Å². The number of hydrogen-bond donors (Lipinski definition) is 3. The monoisotopic (exact) mass is 446 g/mol. The minimum atomic E-state index is -0.626. The zero-order valence-corrected chi connectivity index (χ0v) is 19.5. The molecule has 1 fully saturated rings. The Bertz CT molecular complexity index is 1220. The van der Waals surface area contributed by atoms with Crippen molar-refractivity contribution in [2.45, 2.75) is 52.1 Å². The van der Waals surface area contributed by atoms with E-state index in [2.05, 4.69) is 28.9 Å². The van der Waals surface area contributed by atoms with Gasteiger partial charge in [0.1, 0.15) is 17.2 Å². The number of nitrogens with two attached hydrogens (primary N) is 1. The summed E-state index contributed by atoms with van der Waals surface area (Å²) in [6, 6.07) is 5.62. The molecule has 9 nitrogen and oxygen atoms in total. The third kappa shape index (κ3) is 4.72. The Hall–Kier alpha value is -3.75. The molecular weight excluding hydrogens is 416 g/mol. The van der Waals surface area contributed by atoms with E-state index < -0.39 is 6.03 Å². The van der Waals surface area contributed by atoms with Gasteiger partial charge in [-0.2, -0.15) is 5.10 Å². The number of imidazole rings is 1. The van der Waals surface area contributed by atoms with Gasteiger partial charge in [-0.25, -0.2) is 9.78 Å². The van der Waals surface area contributed by atoms with Crippen molar-refractivity contribution in [3.05, 3.63) is 47.4 Å². The summed E-state index contributed by atoms with van der Waals surface area (Å²) in [6.07, 6.45) is 8.14. The number of nitrogens with one attached hydrogen (secondary N) is 2. The average molecular weight is 447 g/mol. The first kappa shape index (κ1) is 22.4. The highest BCUT2D eigenvalue weighted by Gasteiger charge is 2.36. The van der Waals surface area contributed by atoms with E-state index in [0.29, 0.717) is 17.2 Å². The molecule has 1 atom stereocenters. The van der Waals surface area contributed by atoms with E-state index in [9.17, 15) is 4.79 Å². The lowest BCUT2D eigenvalue weighted by Gasteiger charge is -2.20. The Morgan fingerprint density at radius 2 is 2.18 bits per heavy atom. The van der Waals surface area contributed by atoms with Crippen molar-refractivity contribution < 1.29 is 4.79 Å². The van der Waals surface area contributed by atoms with Crippen LogP contribution in [-0.2, 0) is 7.05 Å². The number of benzene rings is 1. The van der Waals surface area contributed by atoms with Crippen LogP contribution in [0.1, 0.15) is 49.9 Å². The first-order valence-electron chi connectivity index (χ1n) is 11.2. The van der Waals surface area contributed by atoms with Gasteiger partial charge in [-0.05, 0) is 50.3 Å². The van der Waals surface area contributed by atoms with E-state index in [-0.39, 0.29) is 17.9 Å². The van der Waals surface area contributed by atoms with Crippen LogP contribution in [0.4, 0.5) is 4.79 Å². The summed E-state index contributed by atoms with van der Waals surface area (Å²) in [4.78, 5) is 26.1. The van der Waals surface area contributed by atoms with Crippen LogP contribution in [-0.4, -0.2) is 54.8 Å². The van der Waals surface area contributed by atoms with Crippen molar-refractivity contribution >= 4 is 18.1 Å². The highest BCUT2D eigenvalue weighted by atomic mass is 16.2. The van der Waals surface area contributed by atoms with Gasteiger partial charge >= 0.3 is 6.03 Å². The van der Waals surface area contributed by atoms with Gasteiger partial charge in [0.2, 0.25) is 0 Å². The SMILES string of the molecule is CCC(C)N=Cc1ccc(-c2nc(-c3cnn(C)c3)[nH]c2C(=N)N(C(N)=O)C2CC2)cc1C. The minimum absolute atomic E-state index is 0.0303. The van der Waals surface area contributed by atoms with Gasteiger partial charge in [0.15, 0.2) is 5.84 Å².